The Bertz CT molecular complexity index is 3030. The van der Waals surface area contributed by atoms with Crippen molar-refractivity contribution in [1.29, 1.82) is 0 Å². The second-order valence-corrected chi connectivity index (χ2v) is 17.4. The highest BCUT2D eigenvalue weighted by molar-refractivity contribution is 7.19. The molecule has 11 aromatic rings. The van der Waals surface area contributed by atoms with E-state index in [2.05, 4.69) is 231 Å². The number of hydrogen-bond acceptors (Lipinski definition) is 2. The summed E-state index contributed by atoms with van der Waals surface area (Å²) in [6, 6.07) is 84.4. The molecule has 0 aliphatic heterocycles. The molecule has 0 atom stereocenters. The van der Waals surface area contributed by atoms with E-state index in [1.165, 1.54) is 108 Å². The van der Waals surface area contributed by atoms with E-state index in [4.69, 9.17) is 0 Å². The zero-order valence-electron chi connectivity index (χ0n) is 32.8. The van der Waals surface area contributed by atoms with Gasteiger partial charge in [0.05, 0.1) is 0 Å². The quantitative estimate of drug-likeness (QED) is 0.134. The van der Waals surface area contributed by atoms with Gasteiger partial charge < -0.3 is 0 Å². The summed E-state index contributed by atoms with van der Waals surface area (Å²) >= 11 is 3.68. The maximum Gasteiger partial charge on any atom is 0.0349 e. The van der Waals surface area contributed by atoms with E-state index in [1.807, 2.05) is 22.7 Å². The van der Waals surface area contributed by atoms with Gasteiger partial charge in [-0.15, -0.1) is 22.7 Å². The van der Waals surface area contributed by atoms with E-state index in [0.717, 1.165) is 0 Å². The van der Waals surface area contributed by atoms with Crippen LogP contribution in [0.3, 0.4) is 0 Å². The fourth-order valence-electron chi connectivity index (χ4n) is 8.57. The van der Waals surface area contributed by atoms with Gasteiger partial charge in [0, 0.05) is 19.5 Å². The Kier molecular flexibility index (Phi) is 9.35. The summed E-state index contributed by atoms with van der Waals surface area (Å²) in [5.41, 5.74) is 14.8. The molecule has 0 bridgehead atoms. The van der Waals surface area contributed by atoms with Gasteiger partial charge in [-0.05, 0) is 125 Å². The van der Waals surface area contributed by atoms with Crippen LogP contribution in [0.1, 0.15) is 0 Å². The third kappa shape index (κ3) is 6.76. The van der Waals surface area contributed by atoms with Crippen molar-refractivity contribution >= 4 is 44.2 Å². The molecule has 0 fully saturated rings. The maximum atomic E-state index is 2.41. The average molecular weight is 799 g/mol. The Labute approximate surface area is 359 Å². The summed E-state index contributed by atoms with van der Waals surface area (Å²) in [6.07, 6.45) is 0. The Morgan fingerprint density at radius 1 is 0.183 bits per heavy atom. The summed E-state index contributed by atoms with van der Waals surface area (Å²) in [7, 11) is 0. The normalized spacial score (nSPS) is 11.3. The maximum absolute atomic E-state index is 2.41. The minimum Gasteiger partial charge on any atom is -0.135 e. The van der Waals surface area contributed by atoms with Crippen LogP contribution in [0.2, 0.25) is 0 Å². The summed E-state index contributed by atoms with van der Waals surface area (Å²) in [5.74, 6) is 0. The molecule has 0 radical (unpaired) electrons. The molecule has 2 heteroatoms. The highest BCUT2D eigenvalue weighted by atomic mass is 32.1. The van der Waals surface area contributed by atoms with E-state index in [9.17, 15) is 0 Å². The molecule has 0 N–H and O–H groups in total. The zero-order chi connectivity index (χ0) is 39.8. The van der Waals surface area contributed by atoms with E-state index in [0.29, 0.717) is 0 Å². The van der Waals surface area contributed by atoms with Gasteiger partial charge in [-0.25, -0.2) is 0 Å². The first-order chi connectivity index (χ1) is 29.7. The van der Waals surface area contributed by atoms with Crippen molar-refractivity contribution in [3.05, 3.63) is 231 Å². The molecule has 0 nitrogen and oxygen atoms in total. The van der Waals surface area contributed by atoms with Gasteiger partial charge in [0.2, 0.25) is 0 Å². The molecular formula is C58H38S2. The summed E-state index contributed by atoms with van der Waals surface area (Å²) in [6.45, 7) is 0. The smallest absolute Gasteiger partial charge is 0.0349 e. The summed E-state index contributed by atoms with van der Waals surface area (Å²) < 4.78 is 0. The van der Waals surface area contributed by atoms with Crippen LogP contribution in [-0.4, -0.2) is 0 Å². The van der Waals surface area contributed by atoms with Gasteiger partial charge in [0.25, 0.3) is 0 Å². The SMILES string of the molecule is c1ccc(-c2ccc(-c3ccc(-c4ccc5c(-c6ccccc6)c6cc(-c7ccc(-c8ccc(-c9ccccc9)s8)cc7)ccc6c(-c6ccccc6)c5c4)cc3)s2)cc1. The van der Waals surface area contributed by atoms with Crippen molar-refractivity contribution < 1.29 is 0 Å². The Morgan fingerprint density at radius 2 is 0.450 bits per heavy atom. The fraction of sp³-hybridized carbons (Fsp3) is 0. The van der Waals surface area contributed by atoms with E-state index < -0.39 is 0 Å². The molecule has 0 amide bonds. The molecule has 0 aliphatic rings. The second kappa shape index (κ2) is 15.6. The Balaban J connectivity index is 1.02. The molecule has 2 heterocycles. The first-order valence-electron chi connectivity index (χ1n) is 20.4. The van der Waals surface area contributed by atoms with Crippen LogP contribution in [0.4, 0.5) is 0 Å². The van der Waals surface area contributed by atoms with Crippen molar-refractivity contribution in [2.75, 3.05) is 0 Å². The molecule has 282 valence electrons. The minimum absolute atomic E-state index is 1.21. The average Bonchev–Trinajstić information content (AvgIpc) is 4.04. The molecule has 60 heavy (non-hydrogen) atoms. The molecular weight excluding hydrogens is 761 g/mol. The lowest BCUT2D eigenvalue weighted by Gasteiger charge is -2.19. The summed E-state index contributed by atoms with van der Waals surface area (Å²) in [5, 5.41) is 5.00. The highest BCUT2D eigenvalue weighted by Crippen LogP contribution is 2.46. The third-order valence-electron chi connectivity index (χ3n) is 11.6. The molecule has 0 aliphatic carbocycles. The first-order valence-corrected chi connectivity index (χ1v) is 22.0. The molecule has 9 aromatic carbocycles. The number of hydrogen-bond donors (Lipinski definition) is 0. The van der Waals surface area contributed by atoms with Crippen LogP contribution in [0, 0.1) is 0 Å². The zero-order valence-corrected chi connectivity index (χ0v) is 34.4. The van der Waals surface area contributed by atoms with Gasteiger partial charge in [-0.3, -0.25) is 0 Å². The number of rotatable bonds is 8. The van der Waals surface area contributed by atoms with Crippen LogP contribution in [0.15, 0.2) is 231 Å². The molecule has 0 saturated carbocycles. The molecule has 0 unspecified atom stereocenters. The summed E-state index contributed by atoms with van der Waals surface area (Å²) in [4.78, 5) is 5.13. The van der Waals surface area contributed by atoms with Gasteiger partial charge in [-0.2, -0.15) is 0 Å². The van der Waals surface area contributed by atoms with Crippen molar-refractivity contribution in [2.45, 2.75) is 0 Å². The molecule has 11 rings (SSSR count). The standard InChI is InChI=1S/C58H38S2/c1-5-13-41(14-6-1)53-33-35-55(59-53)43-25-21-39(22-26-43)47-29-31-49-51(37-47)57(45-17-9-3-10-18-45)50-32-30-48(38-52(50)58(49)46-19-11-4-12-20-46)40-23-27-44(28-24-40)56-36-34-54(60-56)42-15-7-2-8-16-42/h1-38H. The van der Waals surface area contributed by atoms with E-state index in [-0.39, 0.29) is 0 Å². The Morgan fingerprint density at radius 3 is 0.783 bits per heavy atom. The third-order valence-corrected chi connectivity index (χ3v) is 13.9. The molecule has 2 aromatic heterocycles. The molecule has 0 spiro atoms. The van der Waals surface area contributed by atoms with Gasteiger partial charge >= 0.3 is 0 Å². The van der Waals surface area contributed by atoms with E-state index in [1.54, 1.807) is 0 Å². The fourth-order valence-corrected chi connectivity index (χ4v) is 10.6. The van der Waals surface area contributed by atoms with Crippen LogP contribution in [0.25, 0.3) is 108 Å². The lowest BCUT2D eigenvalue weighted by Crippen LogP contribution is -1.92. The van der Waals surface area contributed by atoms with Crippen molar-refractivity contribution in [3.8, 4) is 86.3 Å². The van der Waals surface area contributed by atoms with Crippen molar-refractivity contribution in [1.82, 2.24) is 0 Å². The molecule has 0 saturated heterocycles. The van der Waals surface area contributed by atoms with Crippen LogP contribution >= 0.6 is 22.7 Å². The lowest BCUT2D eigenvalue weighted by atomic mass is 9.84. The van der Waals surface area contributed by atoms with Crippen LogP contribution in [0.5, 0.6) is 0 Å². The minimum atomic E-state index is 1.21. The monoisotopic (exact) mass is 798 g/mol. The highest BCUT2D eigenvalue weighted by Gasteiger charge is 2.19. The number of thiophene rings is 2. The predicted molar refractivity (Wildman–Crippen MR) is 261 cm³/mol. The van der Waals surface area contributed by atoms with Gasteiger partial charge in [0.15, 0.2) is 0 Å². The number of fused-ring (bicyclic) bond motifs is 2. The van der Waals surface area contributed by atoms with Crippen LogP contribution in [-0.2, 0) is 0 Å². The topological polar surface area (TPSA) is 0 Å². The van der Waals surface area contributed by atoms with E-state index >= 15 is 0 Å². The van der Waals surface area contributed by atoms with Crippen molar-refractivity contribution in [3.63, 3.8) is 0 Å². The second-order valence-electron chi connectivity index (χ2n) is 15.2. The van der Waals surface area contributed by atoms with Crippen LogP contribution < -0.4 is 0 Å². The Hall–Kier alpha value is -7.10. The predicted octanol–water partition coefficient (Wildman–Crippen LogP) is 17.5. The van der Waals surface area contributed by atoms with Crippen molar-refractivity contribution in [2.24, 2.45) is 0 Å². The van der Waals surface area contributed by atoms with Gasteiger partial charge in [-0.1, -0.05) is 194 Å². The first kappa shape index (κ1) is 36.0. The lowest BCUT2D eigenvalue weighted by molar-refractivity contribution is 1.61. The number of benzene rings is 9. The largest absolute Gasteiger partial charge is 0.135 e. The van der Waals surface area contributed by atoms with Gasteiger partial charge in [0.1, 0.15) is 0 Å².